The fraction of sp³-hybridized carbons (Fsp3) is 0.222. The van der Waals surface area contributed by atoms with E-state index in [9.17, 15) is 18.4 Å². The fourth-order valence-electron chi connectivity index (χ4n) is 2.21. The van der Waals surface area contributed by atoms with E-state index in [1.54, 1.807) is 43.4 Å². The van der Waals surface area contributed by atoms with Crippen LogP contribution in [0.5, 0.6) is 5.75 Å². The molecular formula is C18H18F2N2O4. The third-order valence-electron chi connectivity index (χ3n) is 3.49. The Morgan fingerprint density at radius 1 is 1.12 bits per heavy atom. The molecule has 2 aromatic rings. The number of urea groups is 1. The number of esters is 1. The third-order valence-corrected chi connectivity index (χ3v) is 3.49. The molecule has 0 spiro atoms. The molecule has 2 amide bonds. The molecule has 0 aliphatic heterocycles. The van der Waals surface area contributed by atoms with Crippen LogP contribution in [0.15, 0.2) is 48.5 Å². The number of para-hydroxylation sites is 1. The van der Waals surface area contributed by atoms with E-state index in [2.05, 4.69) is 14.8 Å². The number of nitrogens with zero attached hydrogens (tertiary/aromatic N) is 1. The lowest BCUT2D eigenvalue weighted by atomic mass is 10.2. The van der Waals surface area contributed by atoms with E-state index in [4.69, 9.17) is 0 Å². The van der Waals surface area contributed by atoms with Gasteiger partial charge >= 0.3 is 18.6 Å². The number of hydrogen-bond acceptors (Lipinski definition) is 4. The van der Waals surface area contributed by atoms with Gasteiger partial charge in [-0.15, -0.1) is 0 Å². The van der Waals surface area contributed by atoms with E-state index >= 15 is 0 Å². The summed E-state index contributed by atoms with van der Waals surface area (Å²) in [5.41, 5.74) is 1.30. The second kappa shape index (κ2) is 8.80. The van der Waals surface area contributed by atoms with E-state index in [0.717, 1.165) is 5.56 Å². The van der Waals surface area contributed by atoms with Gasteiger partial charge in [-0.2, -0.15) is 8.78 Å². The number of alkyl halides is 2. The molecule has 0 saturated carbocycles. The maximum Gasteiger partial charge on any atom is 0.387 e. The van der Waals surface area contributed by atoms with Crippen LogP contribution < -0.4 is 10.1 Å². The van der Waals surface area contributed by atoms with Crippen LogP contribution in [0, 0.1) is 0 Å². The van der Waals surface area contributed by atoms with Crippen molar-refractivity contribution in [3.05, 3.63) is 59.7 Å². The molecule has 0 unspecified atom stereocenters. The largest absolute Gasteiger partial charge is 0.465 e. The molecule has 0 fully saturated rings. The van der Waals surface area contributed by atoms with Gasteiger partial charge in [-0.3, -0.25) is 0 Å². The van der Waals surface area contributed by atoms with Gasteiger partial charge in [0.25, 0.3) is 0 Å². The SMILES string of the molecule is COC(=O)c1ccccc1NC(=O)N(C)Cc1ccc(OC(F)F)cc1. The number of methoxy groups -OCH3 is 1. The molecule has 0 saturated heterocycles. The molecule has 6 nitrogen and oxygen atoms in total. The lowest BCUT2D eigenvalue weighted by Gasteiger charge is -2.19. The van der Waals surface area contributed by atoms with Crippen LogP contribution in [0.3, 0.4) is 0 Å². The quantitative estimate of drug-likeness (QED) is 0.793. The highest BCUT2D eigenvalue weighted by molar-refractivity contribution is 6.00. The van der Waals surface area contributed by atoms with Crippen molar-refractivity contribution in [2.75, 3.05) is 19.5 Å². The molecule has 0 aliphatic rings. The second-order valence-electron chi connectivity index (χ2n) is 5.35. The monoisotopic (exact) mass is 364 g/mol. The third kappa shape index (κ3) is 5.17. The number of hydrogen-bond donors (Lipinski definition) is 1. The van der Waals surface area contributed by atoms with Crippen molar-refractivity contribution in [3.63, 3.8) is 0 Å². The van der Waals surface area contributed by atoms with Crippen LogP contribution in [-0.2, 0) is 11.3 Å². The van der Waals surface area contributed by atoms with Crippen LogP contribution in [0.4, 0.5) is 19.3 Å². The van der Waals surface area contributed by atoms with Crippen molar-refractivity contribution in [1.29, 1.82) is 0 Å². The number of carbonyl (C=O) groups excluding carboxylic acids is 2. The van der Waals surface area contributed by atoms with Crippen LogP contribution in [0.25, 0.3) is 0 Å². The Bertz CT molecular complexity index is 766. The zero-order valence-electron chi connectivity index (χ0n) is 14.2. The summed E-state index contributed by atoms with van der Waals surface area (Å²) in [5, 5.41) is 2.65. The molecule has 2 aromatic carbocycles. The summed E-state index contributed by atoms with van der Waals surface area (Å²) in [6, 6.07) is 12.0. The van der Waals surface area contributed by atoms with Crippen molar-refractivity contribution in [1.82, 2.24) is 4.90 Å². The Labute approximate surface area is 149 Å². The van der Waals surface area contributed by atoms with Gasteiger partial charge < -0.3 is 19.7 Å². The van der Waals surface area contributed by atoms with E-state index in [1.807, 2.05) is 0 Å². The van der Waals surface area contributed by atoms with Crippen molar-refractivity contribution in [3.8, 4) is 5.75 Å². The topological polar surface area (TPSA) is 67.9 Å². The Kier molecular flexibility index (Phi) is 6.48. The highest BCUT2D eigenvalue weighted by Gasteiger charge is 2.15. The highest BCUT2D eigenvalue weighted by Crippen LogP contribution is 2.18. The Balaban J connectivity index is 2.01. The number of rotatable bonds is 6. The molecule has 0 bridgehead atoms. The van der Waals surface area contributed by atoms with Crippen molar-refractivity contribution < 1.29 is 27.8 Å². The lowest BCUT2D eigenvalue weighted by molar-refractivity contribution is -0.0498. The molecule has 0 aliphatic carbocycles. The summed E-state index contributed by atoms with van der Waals surface area (Å²) in [5.74, 6) is -0.513. The van der Waals surface area contributed by atoms with Gasteiger partial charge in [0.15, 0.2) is 0 Å². The fourth-order valence-corrected chi connectivity index (χ4v) is 2.21. The minimum atomic E-state index is -2.89. The number of benzene rings is 2. The summed E-state index contributed by atoms with van der Waals surface area (Å²) in [4.78, 5) is 25.4. The van der Waals surface area contributed by atoms with E-state index < -0.39 is 18.6 Å². The Hall–Kier alpha value is -3.16. The number of nitrogens with one attached hydrogen (secondary N) is 1. The number of carbonyl (C=O) groups is 2. The van der Waals surface area contributed by atoms with Crippen LogP contribution in [0.1, 0.15) is 15.9 Å². The first-order valence-electron chi connectivity index (χ1n) is 7.64. The van der Waals surface area contributed by atoms with E-state index in [0.29, 0.717) is 5.69 Å². The minimum absolute atomic E-state index is 0.0443. The molecule has 0 heterocycles. The summed E-state index contributed by atoms with van der Waals surface area (Å²) < 4.78 is 33.2. The predicted molar refractivity (Wildman–Crippen MR) is 91.3 cm³/mol. The van der Waals surface area contributed by atoms with Gasteiger partial charge in [-0.25, -0.2) is 9.59 Å². The van der Waals surface area contributed by atoms with Gasteiger partial charge in [-0.1, -0.05) is 24.3 Å². The zero-order valence-corrected chi connectivity index (χ0v) is 14.2. The number of halogens is 2. The van der Waals surface area contributed by atoms with E-state index in [-0.39, 0.29) is 17.9 Å². The van der Waals surface area contributed by atoms with Gasteiger partial charge in [0, 0.05) is 13.6 Å². The molecule has 138 valence electrons. The standard InChI is InChI=1S/C18H18F2N2O4/c1-22(11-12-7-9-13(10-8-12)26-17(19)20)18(24)21-15-6-4-3-5-14(15)16(23)25-2/h3-10,17H,11H2,1-2H3,(H,21,24). The summed E-state index contributed by atoms with van der Waals surface area (Å²) in [6.07, 6.45) is 0. The van der Waals surface area contributed by atoms with Crippen molar-refractivity contribution in [2.45, 2.75) is 13.2 Å². The molecule has 0 aromatic heterocycles. The normalized spacial score (nSPS) is 10.3. The van der Waals surface area contributed by atoms with Crippen LogP contribution in [0.2, 0.25) is 0 Å². The second-order valence-corrected chi connectivity index (χ2v) is 5.35. The first-order valence-corrected chi connectivity index (χ1v) is 7.64. The average molecular weight is 364 g/mol. The molecule has 0 atom stereocenters. The molecular weight excluding hydrogens is 346 g/mol. The summed E-state index contributed by atoms with van der Waals surface area (Å²) in [6.45, 7) is -2.65. The summed E-state index contributed by atoms with van der Waals surface area (Å²) in [7, 11) is 2.83. The first-order chi connectivity index (χ1) is 12.4. The van der Waals surface area contributed by atoms with Gasteiger partial charge in [0.05, 0.1) is 18.4 Å². The first kappa shape index (κ1) is 19.2. The molecule has 26 heavy (non-hydrogen) atoms. The number of ether oxygens (including phenoxy) is 2. The lowest BCUT2D eigenvalue weighted by Crippen LogP contribution is -2.31. The maximum absolute atomic E-state index is 12.3. The number of anilines is 1. The Morgan fingerprint density at radius 3 is 2.38 bits per heavy atom. The average Bonchev–Trinajstić information content (AvgIpc) is 2.62. The van der Waals surface area contributed by atoms with Crippen molar-refractivity contribution in [2.24, 2.45) is 0 Å². The number of amides is 2. The highest BCUT2D eigenvalue weighted by atomic mass is 19.3. The van der Waals surface area contributed by atoms with Gasteiger partial charge in [0.1, 0.15) is 5.75 Å². The molecule has 2 rings (SSSR count). The van der Waals surface area contributed by atoms with Gasteiger partial charge in [-0.05, 0) is 29.8 Å². The molecule has 1 N–H and O–H groups in total. The van der Waals surface area contributed by atoms with Crippen molar-refractivity contribution >= 4 is 17.7 Å². The van der Waals surface area contributed by atoms with Gasteiger partial charge in [0.2, 0.25) is 0 Å². The smallest absolute Gasteiger partial charge is 0.387 e. The van der Waals surface area contributed by atoms with Crippen LogP contribution >= 0.6 is 0 Å². The minimum Gasteiger partial charge on any atom is -0.465 e. The summed E-state index contributed by atoms with van der Waals surface area (Å²) >= 11 is 0. The molecule has 0 radical (unpaired) electrons. The van der Waals surface area contributed by atoms with Crippen LogP contribution in [-0.4, -0.2) is 37.7 Å². The predicted octanol–water partition coefficient (Wildman–Crippen LogP) is 3.74. The maximum atomic E-state index is 12.3. The van der Waals surface area contributed by atoms with E-state index in [1.165, 1.54) is 24.1 Å². The molecule has 8 heteroatoms. The zero-order chi connectivity index (χ0) is 19.1. The Morgan fingerprint density at radius 2 is 1.77 bits per heavy atom.